The number of carbonyl (C=O) groups excluding carboxylic acids is 1. The van der Waals surface area contributed by atoms with Crippen LogP contribution in [0.4, 0.5) is 0 Å². The van der Waals surface area contributed by atoms with Gasteiger partial charge in [-0.25, -0.2) is 4.79 Å². The molecule has 2 N–H and O–H groups in total. The molecule has 0 saturated heterocycles. The number of nitrogens with one attached hydrogen (secondary N) is 1. The number of aromatic nitrogens is 2. The lowest BCUT2D eigenvalue weighted by Gasteiger charge is -2.44. The number of nitrogens with zero attached hydrogens (tertiary/aromatic N) is 2. The summed E-state index contributed by atoms with van der Waals surface area (Å²) >= 11 is 19.5. The molecule has 0 bridgehead atoms. The van der Waals surface area contributed by atoms with E-state index in [1.165, 1.54) is 0 Å². The molecule has 1 saturated carbocycles. The summed E-state index contributed by atoms with van der Waals surface area (Å²) in [5, 5.41) is 11.1. The minimum Gasteiger partial charge on any atom is -0.478 e. The van der Waals surface area contributed by atoms with Crippen LogP contribution in [0.2, 0.25) is 15.1 Å². The number of benzene rings is 2. The van der Waals surface area contributed by atoms with E-state index in [2.05, 4.69) is 9.88 Å². The van der Waals surface area contributed by atoms with Crippen LogP contribution in [0.15, 0.2) is 48.8 Å². The molecule has 2 heterocycles. The minimum atomic E-state index is -1.04. The Morgan fingerprint density at radius 2 is 1.85 bits per heavy atom. The maximum Gasteiger partial charge on any atom is 0.328 e. The number of carboxylic acids is 1. The number of aryl methyl sites for hydroxylation is 1. The van der Waals surface area contributed by atoms with Gasteiger partial charge in [-0.05, 0) is 69.3 Å². The zero-order valence-electron chi connectivity index (χ0n) is 21.8. The largest absolute Gasteiger partial charge is 0.478 e. The SMILES string of the molecule is Cc1cn(C(=O)c2c(-c3c(Cl)cc(Cl)cc3Cl)c[nH]c2C2(CN(C)C)CCC2)c2cccc(/C=C/C(=O)O)c12. The Morgan fingerprint density at radius 1 is 1.15 bits per heavy atom. The fourth-order valence-electron chi connectivity index (χ4n) is 5.86. The summed E-state index contributed by atoms with van der Waals surface area (Å²) in [4.78, 5) is 31.4. The van der Waals surface area contributed by atoms with Crippen LogP contribution < -0.4 is 0 Å². The summed E-state index contributed by atoms with van der Waals surface area (Å²) in [6.07, 6.45) is 9.24. The molecule has 2 aromatic carbocycles. The number of rotatable bonds is 7. The summed E-state index contributed by atoms with van der Waals surface area (Å²) < 4.78 is 1.64. The van der Waals surface area contributed by atoms with Crippen molar-refractivity contribution < 1.29 is 14.7 Å². The van der Waals surface area contributed by atoms with Crippen molar-refractivity contribution in [2.24, 2.45) is 0 Å². The van der Waals surface area contributed by atoms with E-state index >= 15 is 0 Å². The predicted octanol–water partition coefficient (Wildman–Crippen LogP) is 7.67. The van der Waals surface area contributed by atoms with E-state index < -0.39 is 5.97 Å². The van der Waals surface area contributed by atoms with Crippen LogP contribution in [-0.2, 0) is 10.2 Å². The molecule has 5 rings (SSSR count). The second-order valence-electron chi connectivity index (χ2n) is 10.5. The molecule has 1 aliphatic carbocycles. The van der Waals surface area contributed by atoms with Crippen LogP contribution in [0, 0.1) is 6.92 Å². The topological polar surface area (TPSA) is 78.3 Å². The molecule has 6 nitrogen and oxygen atoms in total. The third kappa shape index (κ3) is 4.91. The highest BCUT2D eigenvalue weighted by Gasteiger charge is 2.44. The average molecular weight is 585 g/mol. The molecule has 39 heavy (non-hydrogen) atoms. The lowest BCUT2D eigenvalue weighted by Crippen LogP contribution is -2.44. The van der Waals surface area contributed by atoms with Gasteiger partial charge >= 0.3 is 5.97 Å². The van der Waals surface area contributed by atoms with Gasteiger partial charge in [-0.1, -0.05) is 53.4 Å². The first-order valence-corrected chi connectivity index (χ1v) is 13.7. The highest BCUT2D eigenvalue weighted by atomic mass is 35.5. The highest BCUT2D eigenvalue weighted by Crippen LogP contribution is 2.49. The Morgan fingerprint density at radius 3 is 2.44 bits per heavy atom. The monoisotopic (exact) mass is 583 g/mol. The van der Waals surface area contributed by atoms with Gasteiger partial charge in [0.25, 0.3) is 5.91 Å². The first-order valence-electron chi connectivity index (χ1n) is 12.6. The third-order valence-electron chi connectivity index (χ3n) is 7.51. The number of carbonyl (C=O) groups is 2. The Balaban J connectivity index is 1.76. The van der Waals surface area contributed by atoms with Gasteiger partial charge in [0.15, 0.2) is 0 Å². The summed E-state index contributed by atoms with van der Waals surface area (Å²) in [5.41, 5.74) is 4.60. The van der Waals surface area contributed by atoms with Crippen molar-refractivity contribution in [3.05, 3.63) is 86.3 Å². The van der Waals surface area contributed by atoms with Gasteiger partial charge < -0.3 is 15.0 Å². The molecule has 4 aromatic rings. The molecule has 0 spiro atoms. The number of aliphatic carboxylic acids is 1. The Hall–Kier alpha value is -3.03. The molecule has 0 amide bonds. The number of H-pyrrole nitrogens is 1. The number of fused-ring (bicyclic) bond motifs is 1. The number of halogens is 3. The van der Waals surface area contributed by atoms with Crippen LogP contribution >= 0.6 is 34.8 Å². The van der Waals surface area contributed by atoms with Crippen LogP contribution in [-0.4, -0.2) is 52.1 Å². The molecular formula is C30H28Cl3N3O3. The first kappa shape index (κ1) is 27.5. The second-order valence-corrected chi connectivity index (χ2v) is 11.7. The number of aromatic amines is 1. The zero-order valence-corrected chi connectivity index (χ0v) is 24.1. The predicted molar refractivity (Wildman–Crippen MR) is 158 cm³/mol. The molecule has 202 valence electrons. The van der Waals surface area contributed by atoms with Gasteiger partial charge in [0.1, 0.15) is 0 Å². The summed E-state index contributed by atoms with van der Waals surface area (Å²) in [5.74, 6) is -1.25. The standard InChI is InChI=1S/C30H28Cl3N3O3/c1-17-15-36(23-7-4-6-18(25(17)23)8-9-24(37)38)29(39)27-20(26-21(32)12-19(31)13-22(26)33)14-34-28(27)30(10-5-11-30)16-35(2)3/h4,6-9,12-15,34H,5,10-11,16H2,1-3H3,(H,37,38)/b9-8+. The van der Waals surface area contributed by atoms with Crippen molar-refractivity contribution >= 4 is 63.7 Å². The van der Waals surface area contributed by atoms with E-state index in [0.29, 0.717) is 37.3 Å². The minimum absolute atomic E-state index is 0.217. The Bertz CT molecular complexity index is 1620. The fourth-order valence-corrected chi connectivity index (χ4v) is 6.88. The highest BCUT2D eigenvalue weighted by molar-refractivity contribution is 6.42. The van der Waals surface area contributed by atoms with Gasteiger partial charge in [0.2, 0.25) is 0 Å². The Labute approximate surface area is 241 Å². The van der Waals surface area contributed by atoms with E-state index in [0.717, 1.165) is 54.1 Å². The van der Waals surface area contributed by atoms with E-state index in [-0.39, 0.29) is 11.3 Å². The molecule has 0 radical (unpaired) electrons. The average Bonchev–Trinajstić information content (AvgIpc) is 3.41. The molecule has 1 aliphatic rings. The van der Waals surface area contributed by atoms with Crippen molar-refractivity contribution in [3.8, 4) is 11.1 Å². The third-order valence-corrected chi connectivity index (χ3v) is 8.32. The number of hydrogen-bond donors (Lipinski definition) is 2. The number of carboxylic acid groups (broad SMARTS) is 1. The zero-order chi connectivity index (χ0) is 28.1. The van der Waals surface area contributed by atoms with Crippen LogP contribution in [0.1, 0.15) is 46.4 Å². The van der Waals surface area contributed by atoms with Crippen molar-refractivity contribution in [1.29, 1.82) is 0 Å². The van der Waals surface area contributed by atoms with E-state index in [1.807, 2.05) is 45.4 Å². The van der Waals surface area contributed by atoms with Gasteiger partial charge in [-0.3, -0.25) is 9.36 Å². The van der Waals surface area contributed by atoms with Crippen LogP contribution in [0.25, 0.3) is 28.1 Å². The first-order chi connectivity index (χ1) is 18.5. The number of hydrogen-bond acceptors (Lipinski definition) is 3. The van der Waals surface area contributed by atoms with Gasteiger partial charge in [0, 0.05) is 57.7 Å². The molecule has 2 aromatic heterocycles. The summed E-state index contributed by atoms with van der Waals surface area (Å²) in [6.45, 7) is 2.69. The van der Waals surface area contributed by atoms with Gasteiger partial charge in [-0.2, -0.15) is 0 Å². The molecule has 1 fully saturated rings. The molecule has 0 aliphatic heterocycles. The maximum atomic E-state index is 14.6. The summed E-state index contributed by atoms with van der Waals surface area (Å²) in [7, 11) is 4.07. The fraction of sp³-hybridized carbons (Fsp3) is 0.267. The van der Waals surface area contributed by atoms with Crippen molar-refractivity contribution in [2.45, 2.75) is 31.6 Å². The normalized spacial score (nSPS) is 14.8. The van der Waals surface area contributed by atoms with Gasteiger partial charge in [0.05, 0.1) is 21.1 Å². The lowest BCUT2D eigenvalue weighted by molar-refractivity contribution is -0.131. The lowest BCUT2D eigenvalue weighted by atomic mass is 9.65. The van der Waals surface area contributed by atoms with Crippen molar-refractivity contribution in [1.82, 2.24) is 14.5 Å². The molecular weight excluding hydrogens is 557 g/mol. The van der Waals surface area contributed by atoms with Crippen molar-refractivity contribution in [2.75, 3.05) is 20.6 Å². The number of likely N-dealkylation sites (N-methyl/N-ethyl adjacent to an activating group) is 1. The van der Waals surface area contributed by atoms with Crippen molar-refractivity contribution in [3.63, 3.8) is 0 Å². The van der Waals surface area contributed by atoms with E-state index in [9.17, 15) is 9.59 Å². The molecule has 0 atom stereocenters. The smallest absolute Gasteiger partial charge is 0.328 e. The molecule has 9 heteroatoms. The van der Waals surface area contributed by atoms with Crippen LogP contribution in [0.3, 0.4) is 0 Å². The summed E-state index contributed by atoms with van der Waals surface area (Å²) in [6, 6.07) is 8.77. The van der Waals surface area contributed by atoms with Gasteiger partial charge in [-0.15, -0.1) is 0 Å². The molecule has 0 unspecified atom stereocenters. The van der Waals surface area contributed by atoms with E-state index in [4.69, 9.17) is 39.9 Å². The quantitative estimate of drug-likeness (QED) is 0.219. The Kier molecular flexibility index (Phi) is 7.42. The van der Waals surface area contributed by atoms with E-state index in [1.54, 1.807) is 29.0 Å². The van der Waals surface area contributed by atoms with Crippen LogP contribution in [0.5, 0.6) is 0 Å². The second kappa shape index (κ2) is 10.5. The maximum absolute atomic E-state index is 14.6.